The number of carbonyl (C=O) groups excluding carboxylic acids is 2. The number of aryl methyl sites for hydroxylation is 1. The Morgan fingerprint density at radius 2 is 1.96 bits per heavy atom. The molecule has 1 fully saturated rings. The SMILES string of the molecule is CC[C@H](C)NC(=O)c1ccc(NC(=O)NC2CCCC2)c(C)c1. The number of amides is 3. The first-order valence-electron chi connectivity index (χ1n) is 8.48. The Morgan fingerprint density at radius 3 is 2.57 bits per heavy atom. The Kier molecular flexibility index (Phi) is 6.02. The van der Waals surface area contributed by atoms with E-state index in [4.69, 9.17) is 0 Å². The van der Waals surface area contributed by atoms with Gasteiger partial charge in [-0.15, -0.1) is 0 Å². The van der Waals surface area contributed by atoms with Gasteiger partial charge in [0.25, 0.3) is 5.91 Å². The van der Waals surface area contributed by atoms with Crippen molar-refractivity contribution in [3.05, 3.63) is 29.3 Å². The summed E-state index contributed by atoms with van der Waals surface area (Å²) in [4.78, 5) is 24.1. The highest BCUT2D eigenvalue weighted by atomic mass is 16.2. The van der Waals surface area contributed by atoms with E-state index in [1.807, 2.05) is 26.8 Å². The minimum absolute atomic E-state index is 0.0793. The number of hydrogen-bond donors (Lipinski definition) is 3. The van der Waals surface area contributed by atoms with Crippen molar-refractivity contribution in [1.29, 1.82) is 0 Å². The van der Waals surface area contributed by atoms with Gasteiger partial charge in [-0.25, -0.2) is 4.79 Å². The van der Waals surface area contributed by atoms with Crippen molar-refractivity contribution in [2.45, 2.75) is 65.0 Å². The van der Waals surface area contributed by atoms with Crippen LogP contribution in [0.5, 0.6) is 0 Å². The molecule has 126 valence electrons. The van der Waals surface area contributed by atoms with Gasteiger partial charge in [0.15, 0.2) is 0 Å². The second-order valence-electron chi connectivity index (χ2n) is 6.39. The van der Waals surface area contributed by atoms with Gasteiger partial charge in [0.2, 0.25) is 0 Å². The molecule has 1 aromatic rings. The molecule has 1 aliphatic rings. The van der Waals surface area contributed by atoms with Gasteiger partial charge in [-0.2, -0.15) is 0 Å². The standard InChI is InChI=1S/C18H27N3O2/c1-4-13(3)19-17(22)14-9-10-16(12(2)11-14)21-18(23)20-15-7-5-6-8-15/h9-11,13,15H,4-8H2,1-3H3,(H,19,22)(H2,20,21,23)/t13-/m0/s1. The lowest BCUT2D eigenvalue weighted by atomic mass is 10.1. The lowest BCUT2D eigenvalue weighted by Crippen LogP contribution is -2.36. The summed E-state index contributed by atoms with van der Waals surface area (Å²) in [6, 6.07) is 5.61. The van der Waals surface area contributed by atoms with Gasteiger partial charge in [-0.3, -0.25) is 4.79 Å². The van der Waals surface area contributed by atoms with Crippen LogP contribution in [0.1, 0.15) is 61.9 Å². The third-order valence-corrected chi connectivity index (χ3v) is 4.42. The maximum absolute atomic E-state index is 12.1. The van der Waals surface area contributed by atoms with Gasteiger partial charge in [0.1, 0.15) is 0 Å². The molecule has 0 saturated heterocycles. The average Bonchev–Trinajstić information content (AvgIpc) is 3.01. The first-order valence-corrected chi connectivity index (χ1v) is 8.48. The fourth-order valence-electron chi connectivity index (χ4n) is 2.77. The monoisotopic (exact) mass is 317 g/mol. The van der Waals surface area contributed by atoms with E-state index in [1.54, 1.807) is 12.1 Å². The van der Waals surface area contributed by atoms with Gasteiger partial charge >= 0.3 is 6.03 Å². The number of rotatable bonds is 5. The fraction of sp³-hybridized carbons (Fsp3) is 0.556. The largest absolute Gasteiger partial charge is 0.350 e. The van der Waals surface area contributed by atoms with E-state index in [9.17, 15) is 9.59 Å². The second-order valence-corrected chi connectivity index (χ2v) is 6.39. The van der Waals surface area contributed by atoms with Crippen LogP contribution in [0.3, 0.4) is 0 Å². The number of hydrogen-bond acceptors (Lipinski definition) is 2. The van der Waals surface area contributed by atoms with Crippen LogP contribution in [0.25, 0.3) is 0 Å². The van der Waals surface area contributed by atoms with Crippen molar-refractivity contribution in [3.8, 4) is 0 Å². The molecule has 3 amide bonds. The Balaban J connectivity index is 1.95. The third kappa shape index (κ3) is 4.98. The highest BCUT2D eigenvalue weighted by Gasteiger charge is 2.17. The predicted octanol–water partition coefficient (Wildman–Crippen LogP) is 3.59. The molecule has 0 radical (unpaired) electrons. The molecule has 1 saturated carbocycles. The van der Waals surface area contributed by atoms with E-state index < -0.39 is 0 Å². The van der Waals surface area contributed by atoms with E-state index in [1.165, 1.54) is 12.8 Å². The normalized spacial score (nSPS) is 16.0. The third-order valence-electron chi connectivity index (χ3n) is 4.42. The quantitative estimate of drug-likeness (QED) is 0.776. The lowest BCUT2D eigenvalue weighted by Gasteiger charge is -2.15. The molecule has 5 heteroatoms. The summed E-state index contributed by atoms with van der Waals surface area (Å²) in [6.07, 6.45) is 5.38. The van der Waals surface area contributed by atoms with Gasteiger partial charge in [0.05, 0.1) is 0 Å². The molecule has 1 aromatic carbocycles. The Morgan fingerprint density at radius 1 is 1.26 bits per heavy atom. The van der Waals surface area contributed by atoms with Crippen LogP contribution < -0.4 is 16.0 Å². The van der Waals surface area contributed by atoms with Crippen LogP contribution in [0, 0.1) is 6.92 Å². The van der Waals surface area contributed by atoms with E-state index >= 15 is 0 Å². The molecule has 23 heavy (non-hydrogen) atoms. The van der Waals surface area contributed by atoms with E-state index in [-0.39, 0.29) is 24.0 Å². The van der Waals surface area contributed by atoms with Crippen molar-refractivity contribution < 1.29 is 9.59 Å². The molecular weight excluding hydrogens is 290 g/mol. The van der Waals surface area contributed by atoms with Gasteiger partial charge in [-0.05, 0) is 56.9 Å². The molecular formula is C18H27N3O2. The number of anilines is 1. The molecule has 0 heterocycles. The highest BCUT2D eigenvalue weighted by Crippen LogP contribution is 2.19. The number of benzene rings is 1. The van der Waals surface area contributed by atoms with Gasteiger partial charge in [-0.1, -0.05) is 19.8 Å². The van der Waals surface area contributed by atoms with Crippen LogP contribution in [0.15, 0.2) is 18.2 Å². The van der Waals surface area contributed by atoms with Crippen molar-refractivity contribution >= 4 is 17.6 Å². The zero-order chi connectivity index (χ0) is 16.8. The summed E-state index contributed by atoms with van der Waals surface area (Å²) in [5, 5.41) is 8.81. The smallest absolute Gasteiger partial charge is 0.319 e. The van der Waals surface area contributed by atoms with E-state index in [0.717, 1.165) is 30.5 Å². The molecule has 0 bridgehead atoms. The summed E-state index contributed by atoms with van der Waals surface area (Å²) in [5.41, 5.74) is 2.23. The van der Waals surface area contributed by atoms with Gasteiger partial charge < -0.3 is 16.0 Å². The second kappa shape index (κ2) is 7.99. The molecule has 5 nitrogen and oxygen atoms in total. The van der Waals surface area contributed by atoms with Crippen LogP contribution in [-0.2, 0) is 0 Å². The summed E-state index contributed by atoms with van der Waals surface area (Å²) in [7, 11) is 0. The van der Waals surface area contributed by atoms with E-state index in [0.29, 0.717) is 5.56 Å². The van der Waals surface area contributed by atoms with Crippen molar-refractivity contribution in [2.24, 2.45) is 0 Å². The summed E-state index contributed by atoms with van der Waals surface area (Å²) < 4.78 is 0. The molecule has 1 aliphatic carbocycles. The zero-order valence-electron chi connectivity index (χ0n) is 14.2. The fourth-order valence-corrected chi connectivity index (χ4v) is 2.77. The topological polar surface area (TPSA) is 70.2 Å². The molecule has 0 unspecified atom stereocenters. The Bertz CT molecular complexity index is 565. The number of urea groups is 1. The number of nitrogens with one attached hydrogen (secondary N) is 3. The molecule has 1 atom stereocenters. The maximum atomic E-state index is 12.1. The summed E-state index contributed by atoms with van der Waals surface area (Å²) in [6.45, 7) is 5.91. The first kappa shape index (κ1) is 17.3. The van der Waals surface area contributed by atoms with E-state index in [2.05, 4.69) is 16.0 Å². The number of carbonyl (C=O) groups is 2. The minimum atomic E-state index is -0.170. The van der Waals surface area contributed by atoms with Crippen LogP contribution in [-0.4, -0.2) is 24.0 Å². The van der Waals surface area contributed by atoms with Crippen LogP contribution in [0.4, 0.5) is 10.5 Å². The Hall–Kier alpha value is -2.04. The molecule has 0 aliphatic heterocycles. The predicted molar refractivity (Wildman–Crippen MR) is 92.8 cm³/mol. The minimum Gasteiger partial charge on any atom is -0.350 e. The molecule has 0 spiro atoms. The average molecular weight is 317 g/mol. The maximum Gasteiger partial charge on any atom is 0.319 e. The van der Waals surface area contributed by atoms with Crippen molar-refractivity contribution in [2.75, 3.05) is 5.32 Å². The van der Waals surface area contributed by atoms with Gasteiger partial charge in [0, 0.05) is 23.3 Å². The molecule has 2 rings (SSSR count). The lowest BCUT2D eigenvalue weighted by molar-refractivity contribution is 0.0939. The van der Waals surface area contributed by atoms with Crippen molar-refractivity contribution in [1.82, 2.24) is 10.6 Å². The molecule has 3 N–H and O–H groups in total. The van der Waals surface area contributed by atoms with Crippen LogP contribution >= 0.6 is 0 Å². The molecule has 0 aromatic heterocycles. The highest BCUT2D eigenvalue weighted by molar-refractivity contribution is 5.96. The summed E-state index contributed by atoms with van der Waals surface area (Å²) in [5.74, 6) is -0.0793. The Labute approximate surface area is 138 Å². The summed E-state index contributed by atoms with van der Waals surface area (Å²) >= 11 is 0. The zero-order valence-corrected chi connectivity index (χ0v) is 14.2. The van der Waals surface area contributed by atoms with Crippen molar-refractivity contribution in [3.63, 3.8) is 0 Å². The van der Waals surface area contributed by atoms with Crippen LogP contribution in [0.2, 0.25) is 0 Å². The first-order chi connectivity index (χ1) is 11.0.